The molecule has 3 unspecified atom stereocenters. The molecule has 0 bridgehead atoms. The third-order valence-electron chi connectivity index (χ3n) is 3.10. The number of hydrogen-bond donors (Lipinski definition) is 3. The summed E-state index contributed by atoms with van der Waals surface area (Å²) in [5.74, 6) is -1.70. The first-order chi connectivity index (χ1) is 7.09. The van der Waals surface area contributed by atoms with Crippen molar-refractivity contribution < 1.29 is 19.8 Å². The smallest absolute Gasteiger partial charge is 0.307 e. The molecular weight excluding hydrogens is 198 g/mol. The van der Waals surface area contributed by atoms with Crippen LogP contribution >= 0.6 is 0 Å². The zero-order valence-corrected chi connectivity index (χ0v) is 8.35. The van der Waals surface area contributed by atoms with Crippen LogP contribution < -0.4 is 5.32 Å². The van der Waals surface area contributed by atoms with E-state index in [2.05, 4.69) is 5.32 Å². The first kappa shape index (κ1) is 10.4. The maximum absolute atomic E-state index is 11.4. The normalized spacial score (nSPS) is 30.7. The number of aliphatic carboxylic acids is 1. The largest absolute Gasteiger partial charge is 0.481 e. The van der Waals surface area contributed by atoms with Gasteiger partial charge < -0.3 is 15.5 Å². The average Bonchev–Trinajstić information content (AvgIpc) is 3.05. The molecule has 2 aliphatic rings. The molecule has 84 valence electrons. The first-order valence-corrected chi connectivity index (χ1v) is 5.28. The number of amides is 1. The van der Waals surface area contributed by atoms with Crippen molar-refractivity contribution in [1.29, 1.82) is 0 Å². The quantitative estimate of drug-likeness (QED) is 0.579. The molecule has 0 aromatic carbocycles. The molecule has 2 aliphatic carbocycles. The summed E-state index contributed by atoms with van der Waals surface area (Å²) in [4.78, 5) is 21.9. The van der Waals surface area contributed by atoms with Gasteiger partial charge in [-0.3, -0.25) is 9.59 Å². The number of carbonyl (C=O) groups is 2. The molecule has 2 saturated carbocycles. The Morgan fingerprint density at radius 1 is 1.33 bits per heavy atom. The SMILES string of the molecule is O=C(O)C1CC1C(=O)NCC(O)C1CC1. The Kier molecular flexibility index (Phi) is 2.65. The number of aliphatic hydroxyl groups is 1. The van der Waals surface area contributed by atoms with E-state index in [0.29, 0.717) is 12.3 Å². The zero-order chi connectivity index (χ0) is 11.0. The van der Waals surface area contributed by atoms with E-state index >= 15 is 0 Å². The molecule has 1 amide bonds. The van der Waals surface area contributed by atoms with Crippen molar-refractivity contribution in [2.75, 3.05) is 6.54 Å². The number of rotatable bonds is 5. The number of carboxylic acids is 1. The fraction of sp³-hybridized carbons (Fsp3) is 0.800. The maximum atomic E-state index is 11.4. The van der Waals surface area contributed by atoms with Crippen LogP contribution in [0.2, 0.25) is 0 Å². The van der Waals surface area contributed by atoms with E-state index in [9.17, 15) is 14.7 Å². The van der Waals surface area contributed by atoms with Crippen LogP contribution in [-0.4, -0.2) is 34.7 Å². The van der Waals surface area contributed by atoms with Crippen molar-refractivity contribution in [3.8, 4) is 0 Å². The van der Waals surface area contributed by atoms with Gasteiger partial charge in [0.2, 0.25) is 5.91 Å². The Hall–Kier alpha value is -1.10. The highest BCUT2D eigenvalue weighted by Gasteiger charge is 2.48. The van der Waals surface area contributed by atoms with E-state index < -0.39 is 18.0 Å². The summed E-state index contributed by atoms with van der Waals surface area (Å²) < 4.78 is 0. The lowest BCUT2D eigenvalue weighted by molar-refractivity contribution is -0.140. The van der Waals surface area contributed by atoms with E-state index in [0.717, 1.165) is 12.8 Å². The van der Waals surface area contributed by atoms with Gasteiger partial charge in [0.15, 0.2) is 0 Å². The minimum atomic E-state index is -0.905. The highest BCUT2D eigenvalue weighted by Crippen LogP contribution is 2.38. The van der Waals surface area contributed by atoms with Crippen molar-refractivity contribution in [2.45, 2.75) is 25.4 Å². The predicted octanol–water partition coefficient (Wildman–Crippen LogP) is -0.406. The first-order valence-electron chi connectivity index (χ1n) is 5.28. The molecule has 0 spiro atoms. The van der Waals surface area contributed by atoms with E-state index in [1.165, 1.54) is 0 Å². The second kappa shape index (κ2) is 3.81. The van der Waals surface area contributed by atoms with Crippen LogP contribution in [0.25, 0.3) is 0 Å². The van der Waals surface area contributed by atoms with Gasteiger partial charge in [-0.2, -0.15) is 0 Å². The Labute approximate surface area is 87.5 Å². The van der Waals surface area contributed by atoms with Gasteiger partial charge in [0.05, 0.1) is 17.9 Å². The summed E-state index contributed by atoms with van der Waals surface area (Å²) >= 11 is 0. The molecule has 0 aromatic heterocycles. The lowest BCUT2D eigenvalue weighted by Crippen LogP contribution is -2.34. The van der Waals surface area contributed by atoms with Crippen LogP contribution in [0.1, 0.15) is 19.3 Å². The van der Waals surface area contributed by atoms with Crippen molar-refractivity contribution in [3.63, 3.8) is 0 Å². The molecule has 2 rings (SSSR count). The second-order valence-corrected chi connectivity index (χ2v) is 4.44. The Morgan fingerprint density at radius 2 is 2.00 bits per heavy atom. The van der Waals surface area contributed by atoms with Gasteiger partial charge in [0.25, 0.3) is 0 Å². The van der Waals surface area contributed by atoms with Crippen LogP contribution in [0, 0.1) is 17.8 Å². The number of carboxylic acid groups (broad SMARTS) is 1. The summed E-state index contributed by atoms with van der Waals surface area (Å²) in [6.07, 6.45) is 2.02. The monoisotopic (exact) mass is 213 g/mol. The maximum Gasteiger partial charge on any atom is 0.307 e. The van der Waals surface area contributed by atoms with Gasteiger partial charge in [-0.1, -0.05) is 0 Å². The summed E-state index contributed by atoms with van der Waals surface area (Å²) in [6, 6.07) is 0. The third kappa shape index (κ3) is 2.47. The standard InChI is InChI=1S/C10H15NO4/c12-8(5-1-2-5)4-11-9(13)6-3-7(6)10(14)15/h5-8,12H,1-4H2,(H,11,13)(H,14,15). The Balaban J connectivity index is 1.67. The summed E-state index contributed by atoms with van der Waals surface area (Å²) in [7, 11) is 0. The highest BCUT2D eigenvalue weighted by atomic mass is 16.4. The van der Waals surface area contributed by atoms with Crippen molar-refractivity contribution in [2.24, 2.45) is 17.8 Å². The molecule has 15 heavy (non-hydrogen) atoms. The molecule has 0 aromatic rings. The van der Waals surface area contributed by atoms with Crippen molar-refractivity contribution in [3.05, 3.63) is 0 Å². The summed E-state index contributed by atoms with van der Waals surface area (Å²) in [6.45, 7) is 0.256. The summed E-state index contributed by atoms with van der Waals surface area (Å²) in [5, 5.41) is 20.7. The topological polar surface area (TPSA) is 86.6 Å². The van der Waals surface area contributed by atoms with Crippen LogP contribution in [0.3, 0.4) is 0 Å². The number of nitrogens with one attached hydrogen (secondary N) is 1. The molecule has 0 aliphatic heterocycles. The molecule has 0 heterocycles. The number of aliphatic hydroxyl groups excluding tert-OH is 1. The Morgan fingerprint density at radius 3 is 2.47 bits per heavy atom. The number of carbonyl (C=O) groups excluding carboxylic acids is 1. The average molecular weight is 213 g/mol. The third-order valence-corrected chi connectivity index (χ3v) is 3.10. The van der Waals surface area contributed by atoms with Gasteiger partial charge in [-0.15, -0.1) is 0 Å². The number of hydrogen-bond acceptors (Lipinski definition) is 3. The second-order valence-electron chi connectivity index (χ2n) is 4.44. The molecule has 0 radical (unpaired) electrons. The van der Waals surface area contributed by atoms with Crippen molar-refractivity contribution >= 4 is 11.9 Å². The molecule has 0 saturated heterocycles. The molecular formula is C10H15NO4. The van der Waals surface area contributed by atoms with Gasteiger partial charge >= 0.3 is 5.97 Å². The van der Waals surface area contributed by atoms with E-state index in [-0.39, 0.29) is 18.4 Å². The minimum absolute atomic E-state index is 0.234. The van der Waals surface area contributed by atoms with E-state index in [1.807, 2.05) is 0 Å². The van der Waals surface area contributed by atoms with E-state index in [4.69, 9.17) is 5.11 Å². The lowest BCUT2D eigenvalue weighted by Gasteiger charge is -2.10. The van der Waals surface area contributed by atoms with Crippen LogP contribution in [0.15, 0.2) is 0 Å². The zero-order valence-electron chi connectivity index (χ0n) is 8.35. The Bertz CT molecular complexity index is 287. The lowest BCUT2D eigenvalue weighted by atomic mass is 10.2. The van der Waals surface area contributed by atoms with Gasteiger partial charge in [-0.25, -0.2) is 0 Å². The highest BCUT2D eigenvalue weighted by molar-refractivity contribution is 5.89. The minimum Gasteiger partial charge on any atom is -0.481 e. The van der Waals surface area contributed by atoms with Crippen LogP contribution in [0.4, 0.5) is 0 Å². The fourth-order valence-electron chi connectivity index (χ4n) is 1.74. The molecule has 3 N–H and O–H groups in total. The van der Waals surface area contributed by atoms with Crippen LogP contribution in [-0.2, 0) is 9.59 Å². The molecule has 5 heteroatoms. The van der Waals surface area contributed by atoms with Crippen molar-refractivity contribution in [1.82, 2.24) is 5.32 Å². The molecule has 2 fully saturated rings. The summed E-state index contributed by atoms with van der Waals surface area (Å²) in [5.41, 5.74) is 0. The van der Waals surface area contributed by atoms with Gasteiger partial charge in [-0.05, 0) is 25.2 Å². The predicted molar refractivity (Wildman–Crippen MR) is 51.0 cm³/mol. The van der Waals surface area contributed by atoms with Crippen LogP contribution in [0.5, 0.6) is 0 Å². The van der Waals surface area contributed by atoms with E-state index in [1.54, 1.807) is 0 Å². The van der Waals surface area contributed by atoms with Gasteiger partial charge in [0.1, 0.15) is 0 Å². The molecule has 5 nitrogen and oxygen atoms in total. The van der Waals surface area contributed by atoms with Gasteiger partial charge in [0, 0.05) is 6.54 Å². The fourth-order valence-corrected chi connectivity index (χ4v) is 1.74. The molecule has 3 atom stereocenters.